The molecule has 0 atom stereocenters. The van der Waals surface area contributed by atoms with Crippen molar-refractivity contribution < 1.29 is 14.3 Å². The van der Waals surface area contributed by atoms with Crippen molar-refractivity contribution in [3.63, 3.8) is 0 Å². The lowest BCUT2D eigenvalue weighted by molar-refractivity contribution is 0.0947. The summed E-state index contributed by atoms with van der Waals surface area (Å²) in [5.41, 5.74) is 0.923. The molecule has 5 nitrogen and oxygen atoms in total. The van der Waals surface area contributed by atoms with Crippen LogP contribution in [0.25, 0.3) is 0 Å². The van der Waals surface area contributed by atoms with Gasteiger partial charge in [-0.25, -0.2) is 0 Å². The van der Waals surface area contributed by atoms with Crippen LogP contribution >= 0.6 is 0 Å². The summed E-state index contributed by atoms with van der Waals surface area (Å²) in [4.78, 5) is 25.8. The number of aromatic amines is 1. The fraction of sp³-hybridized carbons (Fsp3) is 0.294. The van der Waals surface area contributed by atoms with Gasteiger partial charge in [-0.15, -0.1) is 0 Å². The Morgan fingerprint density at radius 2 is 1.95 bits per heavy atom. The van der Waals surface area contributed by atoms with Crippen LogP contribution in [-0.2, 0) is 0 Å². The highest BCUT2D eigenvalue weighted by molar-refractivity contribution is 5.99. The zero-order chi connectivity index (χ0) is 15.8. The molecule has 0 saturated heterocycles. The normalized spacial score (nSPS) is 10.2. The second kappa shape index (κ2) is 8.02. The van der Waals surface area contributed by atoms with Gasteiger partial charge in [0, 0.05) is 18.3 Å². The number of carbonyl (C=O) groups is 2. The van der Waals surface area contributed by atoms with Crippen molar-refractivity contribution in [2.24, 2.45) is 0 Å². The monoisotopic (exact) mass is 300 g/mol. The third kappa shape index (κ3) is 4.77. The molecule has 1 heterocycles. The predicted molar refractivity (Wildman–Crippen MR) is 84.3 cm³/mol. The van der Waals surface area contributed by atoms with E-state index in [1.807, 2.05) is 30.3 Å². The second-order valence-corrected chi connectivity index (χ2v) is 4.98. The first kappa shape index (κ1) is 15.8. The van der Waals surface area contributed by atoms with Gasteiger partial charge in [0.05, 0.1) is 6.61 Å². The van der Waals surface area contributed by atoms with Crippen molar-refractivity contribution in [2.75, 3.05) is 13.2 Å². The van der Waals surface area contributed by atoms with Gasteiger partial charge in [0.1, 0.15) is 11.4 Å². The molecule has 1 amide bonds. The molecule has 0 aliphatic heterocycles. The summed E-state index contributed by atoms with van der Waals surface area (Å²) in [7, 11) is 0. The summed E-state index contributed by atoms with van der Waals surface area (Å²) >= 11 is 0. The van der Waals surface area contributed by atoms with Crippen LogP contribution in [0.2, 0.25) is 0 Å². The maximum absolute atomic E-state index is 11.8. The quantitative estimate of drug-likeness (QED) is 0.581. The third-order valence-electron chi connectivity index (χ3n) is 3.20. The minimum absolute atomic E-state index is 0.0617. The third-order valence-corrected chi connectivity index (χ3v) is 3.20. The number of ketones is 1. The average molecular weight is 300 g/mol. The number of Topliss-reactive ketones (excluding diaryl/α,β-unsaturated/α-hetero) is 1. The lowest BCUT2D eigenvalue weighted by Gasteiger charge is -2.06. The number of ether oxygens (including phenoxy) is 1. The molecule has 116 valence electrons. The van der Waals surface area contributed by atoms with Crippen LogP contribution in [0.1, 0.15) is 40.6 Å². The molecule has 2 aromatic rings. The number of hydrogen-bond acceptors (Lipinski definition) is 3. The summed E-state index contributed by atoms with van der Waals surface area (Å²) in [5, 5.41) is 2.81. The first-order chi connectivity index (χ1) is 10.7. The Labute approximate surface area is 129 Å². The summed E-state index contributed by atoms with van der Waals surface area (Å²) in [6.07, 6.45) is 3.24. The van der Waals surface area contributed by atoms with Crippen molar-refractivity contribution in [1.82, 2.24) is 10.3 Å². The Kier molecular flexibility index (Phi) is 5.77. The molecule has 0 unspecified atom stereocenters. The smallest absolute Gasteiger partial charge is 0.267 e. The van der Waals surface area contributed by atoms with E-state index in [-0.39, 0.29) is 11.7 Å². The standard InChI is InChI=1S/C17H20N2O3/c1-13(20)14-11-16(19-12-14)17(21)18-9-5-6-10-22-15-7-3-2-4-8-15/h2-4,7-8,11-12,19H,5-6,9-10H2,1H3,(H,18,21). The highest BCUT2D eigenvalue weighted by Gasteiger charge is 2.09. The van der Waals surface area contributed by atoms with Gasteiger partial charge in [0.15, 0.2) is 5.78 Å². The highest BCUT2D eigenvalue weighted by Crippen LogP contribution is 2.08. The van der Waals surface area contributed by atoms with Crippen LogP contribution in [0.15, 0.2) is 42.6 Å². The Morgan fingerprint density at radius 3 is 2.64 bits per heavy atom. The van der Waals surface area contributed by atoms with Crippen molar-refractivity contribution in [2.45, 2.75) is 19.8 Å². The van der Waals surface area contributed by atoms with Crippen molar-refractivity contribution >= 4 is 11.7 Å². The van der Waals surface area contributed by atoms with E-state index >= 15 is 0 Å². The number of H-pyrrole nitrogens is 1. The van der Waals surface area contributed by atoms with E-state index in [0.29, 0.717) is 24.4 Å². The number of rotatable bonds is 8. The van der Waals surface area contributed by atoms with Gasteiger partial charge >= 0.3 is 0 Å². The average Bonchev–Trinajstić information content (AvgIpc) is 3.02. The van der Waals surface area contributed by atoms with Gasteiger partial charge in [-0.05, 0) is 38.0 Å². The summed E-state index contributed by atoms with van der Waals surface area (Å²) < 4.78 is 5.57. The molecule has 5 heteroatoms. The number of carbonyl (C=O) groups excluding carboxylic acids is 2. The first-order valence-electron chi connectivity index (χ1n) is 7.32. The van der Waals surface area contributed by atoms with Crippen molar-refractivity contribution in [1.29, 1.82) is 0 Å². The molecule has 0 fully saturated rings. The van der Waals surface area contributed by atoms with E-state index in [1.54, 1.807) is 12.3 Å². The molecule has 1 aromatic carbocycles. The molecule has 0 bridgehead atoms. The maximum atomic E-state index is 11.8. The summed E-state index contributed by atoms with van der Waals surface area (Å²) in [6.45, 7) is 2.67. The maximum Gasteiger partial charge on any atom is 0.267 e. The van der Waals surface area contributed by atoms with Crippen LogP contribution in [0.5, 0.6) is 5.75 Å². The first-order valence-corrected chi connectivity index (χ1v) is 7.32. The SMILES string of the molecule is CC(=O)c1c[nH]c(C(=O)NCCCCOc2ccccc2)c1. The second-order valence-electron chi connectivity index (χ2n) is 4.98. The molecule has 1 aromatic heterocycles. The molecule has 0 saturated carbocycles. The molecule has 0 spiro atoms. The Balaban J connectivity index is 1.62. The zero-order valence-electron chi connectivity index (χ0n) is 12.6. The Hall–Kier alpha value is -2.56. The molecule has 2 N–H and O–H groups in total. The number of unbranched alkanes of at least 4 members (excludes halogenated alkanes) is 1. The number of nitrogens with one attached hydrogen (secondary N) is 2. The molecule has 22 heavy (non-hydrogen) atoms. The Bertz CT molecular complexity index is 620. The minimum Gasteiger partial charge on any atom is -0.494 e. The molecular formula is C17H20N2O3. The van der Waals surface area contributed by atoms with Gasteiger partial charge < -0.3 is 15.0 Å². The minimum atomic E-state index is -0.198. The van der Waals surface area contributed by atoms with Crippen LogP contribution in [-0.4, -0.2) is 29.8 Å². The van der Waals surface area contributed by atoms with Gasteiger partial charge in [-0.3, -0.25) is 9.59 Å². The molecule has 0 aliphatic rings. The number of amides is 1. The topological polar surface area (TPSA) is 71.2 Å². The largest absolute Gasteiger partial charge is 0.494 e. The van der Waals surface area contributed by atoms with E-state index in [4.69, 9.17) is 4.74 Å². The van der Waals surface area contributed by atoms with Gasteiger partial charge in [0.2, 0.25) is 0 Å². The van der Waals surface area contributed by atoms with E-state index in [1.165, 1.54) is 6.92 Å². The van der Waals surface area contributed by atoms with E-state index in [9.17, 15) is 9.59 Å². The Morgan fingerprint density at radius 1 is 1.18 bits per heavy atom. The zero-order valence-corrected chi connectivity index (χ0v) is 12.6. The van der Waals surface area contributed by atoms with Crippen LogP contribution in [0, 0.1) is 0 Å². The van der Waals surface area contributed by atoms with E-state index in [0.717, 1.165) is 18.6 Å². The number of para-hydroxylation sites is 1. The van der Waals surface area contributed by atoms with Crippen LogP contribution in [0.4, 0.5) is 0 Å². The fourth-order valence-electron chi connectivity index (χ4n) is 1.96. The lowest BCUT2D eigenvalue weighted by Crippen LogP contribution is -2.25. The predicted octanol–water partition coefficient (Wildman–Crippen LogP) is 2.81. The van der Waals surface area contributed by atoms with E-state index < -0.39 is 0 Å². The van der Waals surface area contributed by atoms with Crippen LogP contribution in [0.3, 0.4) is 0 Å². The van der Waals surface area contributed by atoms with Crippen molar-refractivity contribution in [3.8, 4) is 5.75 Å². The fourth-order valence-corrected chi connectivity index (χ4v) is 1.96. The van der Waals surface area contributed by atoms with Crippen molar-refractivity contribution in [3.05, 3.63) is 53.9 Å². The number of benzene rings is 1. The van der Waals surface area contributed by atoms with Gasteiger partial charge in [-0.2, -0.15) is 0 Å². The number of aromatic nitrogens is 1. The number of hydrogen-bond donors (Lipinski definition) is 2. The lowest BCUT2D eigenvalue weighted by atomic mass is 10.2. The van der Waals surface area contributed by atoms with E-state index in [2.05, 4.69) is 10.3 Å². The molecule has 0 aliphatic carbocycles. The summed E-state index contributed by atoms with van der Waals surface area (Å²) in [5.74, 6) is 0.597. The van der Waals surface area contributed by atoms with Crippen LogP contribution < -0.4 is 10.1 Å². The molecule has 2 rings (SSSR count). The summed E-state index contributed by atoms with van der Waals surface area (Å²) in [6, 6.07) is 11.2. The molecule has 0 radical (unpaired) electrons. The van der Waals surface area contributed by atoms with Gasteiger partial charge in [-0.1, -0.05) is 18.2 Å². The van der Waals surface area contributed by atoms with Gasteiger partial charge in [0.25, 0.3) is 5.91 Å². The molecular weight excluding hydrogens is 280 g/mol. The highest BCUT2D eigenvalue weighted by atomic mass is 16.5.